The maximum atomic E-state index is 11.3. The number of rotatable bonds is 11. The molecule has 2 unspecified atom stereocenters. The zero-order valence-electron chi connectivity index (χ0n) is 26.0. The van der Waals surface area contributed by atoms with Gasteiger partial charge in [-0.25, -0.2) is 0 Å². The van der Waals surface area contributed by atoms with E-state index in [0.29, 0.717) is 22.9 Å². The fourth-order valence-electron chi connectivity index (χ4n) is 11.3. The van der Waals surface area contributed by atoms with Gasteiger partial charge < -0.3 is 9.22 Å². The first-order chi connectivity index (χ1) is 17.7. The third-order valence-electron chi connectivity index (χ3n) is 14.0. The maximum Gasteiger partial charge on any atom is 0.192 e. The molecule has 37 heavy (non-hydrogen) atoms. The van der Waals surface area contributed by atoms with E-state index in [0.717, 1.165) is 60.6 Å². The summed E-state index contributed by atoms with van der Waals surface area (Å²) in [6, 6.07) is 3.83. The summed E-state index contributed by atoms with van der Waals surface area (Å²) in [6.07, 6.45) is 16.1. The number of fused-ring (bicyclic) bond motifs is 5. The van der Waals surface area contributed by atoms with E-state index in [1.807, 2.05) is 0 Å². The van der Waals surface area contributed by atoms with E-state index >= 15 is 0 Å². The van der Waals surface area contributed by atoms with E-state index in [9.17, 15) is 4.79 Å². The third-order valence-corrected chi connectivity index (χ3v) is 18.7. The summed E-state index contributed by atoms with van der Waals surface area (Å²) < 4.78 is 7.63. The molecular weight excluding hydrogens is 468 g/mol. The monoisotopic (exact) mass is 530 g/mol. The standard InChI is InChI=1S/C34H62O2Si/c1-9-25-18-19-33(7)27(21-25)23-31(36-37(11-3,12-4)13-5)32-29-17-16-28(24(6)15-14-20-35)34(29,8)26(10-2)22-30(32)33/h20,24-32H,9-19,21-23H2,1-8H3/t24-,25-,26+,27+,28-,29+,30+,31?,32?,33+,34-/m1/s1. The zero-order valence-corrected chi connectivity index (χ0v) is 27.0. The molecule has 0 aromatic rings. The van der Waals surface area contributed by atoms with Gasteiger partial charge in [0.1, 0.15) is 6.29 Å². The van der Waals surface area contributed by atoms with Crippen LogP contribution in [-0.4, -0.2) is 20.7 Å². The lowest BCUT2D eigenvalue weighted by Gasteiger charge is -2.66. The predicted molar refractivity (Wildman–Crippen MR) is 160 cm³/mol. The fraction of sp³-hybridized carbons (Fsp3) is 0.971. The fourth-order valence-corrected chi connectivity index (χ4v) is 14.2. The molecule has 0 aromatic heterocycles. The molecule has 0 heterocycles. The summed E-state index contributed by atoms with van der Waals surface area (Å²) in [7, 11) is -1.68. The Morgan fingerprint density at radius 1 is 0.919 bits per heavy atom. The van der Waals surface area contributed by atoms with Crippen molar-refractivity contribution in [3.05, 3.63) is 0 Å². The summed E-state index contributed by atoms with van der Waals surface area (Å²) >= 11 is 0. The van der Waals surface area contributed by atoms with Gasteiger partial charge in [0.05, 0.1) is 0 Å². The molecule has 2 nitrogen and oxygen atoms in total. The Balaban J connectivity index is 1.74. The normalized spacial score (nSPS) is 44.5. The van der Waals surface area contributed by atoms with Gasteiger partial charge in [-0.1, -0.05) is 68.2 Å². The highest BCUT2D eigenvalue weighted by atomic mass is 28.4. The number of carbonyl (C=O) groups is 1. The largest absolute Gasteiger partial charge is 0.414 e. The molecular formula is C34H62O2Si. The molecule has 4 saturated carbocycles. The van der Waals surface area contributed by atoms with Gasteiger partial charge >= 0.3 is 0 Å². The molecule has 3 heteroatoms. The van der Waals surface area contributed by atoms with Gasteiger partial charge in [0.15, 0.2) is 8.32 Å². The summed E-state index contributed by atoms with van der Waals surface area (Å²) in [5.74, 6) is 6.47. The Labute approximate surface area is 232 Å². The Morgan fingerprint density at radius 3 is 2.22 bits per heavy atom. The van der Waals surface area contributed by atoms with Gasteiger partial charge in [0.2, 0.25) is 0 Å². The van der Waals surface area contributed by atoms with Crippen LogP contribution in [0.3, 0.4) is 0 Å². The average Bonchev–Trinajstić information content (AvgIpc) is 3.27. The zero-order chi connectivity index (χ0) is 27.0. The molecule has 4 rings (SSSR count). The lowest BCUT2D eigenvalue weighted by molar-refractivity contribution is -0.185. The van der Waals surface area contributed by atoms with E-state index in [4.69, 9.17) is 4.43 Å². The highest BCUT2D eigenvalue weighted by molar-refractivity contribution is 6.73. The molecule has 0 aliphatic heterocycles. The molecule has 0 amide bonds. The second-order valence-electron chi connectivity index (χ2n) is 14.8. The van der Waals surface area contributed by atoms with Crippen molar-refractivity contribution >= 4 is 14.6 Å². The molecule has 0 bridgehead atoms. The molecule has 4 aliphatic rings. The molecule has 0 aromatic carbocycles. The van der Waals surface area contributed by atoms with Gasteiger partial charge in [-0.15, -0.1) is 0 Å². The molecule has 214 valence electrons. The van der Waals surface area contributed by atoms with Gasteiger partial charge in [0.25, 0.3) is 0 Å². The first-order valence-corrected chi connectivity index (χ1v) is 19.3. The molecule has 4 aliphatic carbocycles. The Kier molecular flexibility index (Phi) is 9.48. The van der Waals surface area contributed by atoms with Gasteiger partial charge in [0, 0.05) is 12.5 Å². The van der Waals surface area contributed by atoms with Crippen LogP contribution in [0.4, 0.5) is 0 Å². The third kappa shape index (κ3) is 4.98. The Hall–Kier alpha value is -0.153. The van der Waals surface area contributed by atoms with Crippen LogP contribution in [0.15, 0.2) is 0 Å². The first-order valence-electron chi connectivity index (χ1n) is 16.8. The van der Waals surface area contributed by atoms with Crippen molar-refractivity contribution in [3.8, 4) is 0 Å². The minimum Gasteiger partial charge on any atom is -0.414 e. The van der Waals surface area contributed by atoms with Crippen molar-refractivity contribution in [1.82, 2.24) is 0 Å². The quantitative estimate of drug-likeness (QED) is 0.196. The Morgan fingerprint density at radius 2 is 1.62 bits per heavy atom. The van der Waals surface area contributed by atoms with Crippen LogP contribution in [0.5, 0.6) is 0 Å². The number of carbonyl (C=O) groups excluding carboxylic acids is 1. The molecule has 0 N–H and O–H groups in total. The van der Waals surface area contributed by atoms with E-state index in [1.165, 1.54) is 75.9 Å². The van der Waals surface area contributed by atoms with Gasteiger partial charge in [-0.05, 0) is 128 Å². The van der Waals surface area contributed by atoms with E-state index in [-0.39, 0.29) is 0 Å². The summed E-state index contributed by atoms with van der Waals surface area (Å²) in [5, 5.41) is 0. The van der Waals surface area contributed by atoms with Crippen LogP contribution >= 0.6 is 0 Å². The van der Waals surface area contributed by atoms with Gasteiger partial charge in [-0.3, -0.25) is 0 Å². The summed E-state index contributed by atoms with van der Waals surface area (Å²) in [5.41, 5.74) is 0.930. The lowest BCUT2D eigenvalue weighted by Crippen LogP contribution is -2.62. The highest BCUT2D eigenvalue weighted by Crippen LogP contribution is 2.71. The molecule has 0 spiro atoms. The van der Waals surface area contributed by atoms with Crippen molar-refractivity contribution in [2.75, 3.05) is 0 Å². The average molecular weight is 531 g/mol. The van der Waals surface area contributed by atoms with E-state index in [2.05, 4.69) is 55.4 Å². The summed E-state index contributed by atoms with van der Waals surface area (Å²) in [4.78, 5) is 11.3. The molecule has 0 radical (unpaired) electrons. The smallest absolute Gasteiger partial charge is 0.192 e. The van der Waals surface area contributed by atoms with Crippen LogP contribution in [0.1, 0.15) is 126 Å². The molecule has 11 atom stereocenters. The van der Waals surface area contributed by atoms with E-state index in [1.54, 1.807) is 0 Å². The van der Waals surface area contributed by atoms with Crippen molar-refractivity contribution < 1.29 is 9.22 Å². The van der Waals surface area contributed by atoms with Crippen LogP contribution in [0, 0.1) is 58.2 Å². The Bertz CT molecular complexity index is 755. The van der Waals surface area contributed by atoms with Crippen molar-refractivity contribution in [2.24, 2.45) is 58.2 Å². The van der Waals surface area contributed by atoms with Crippen LogP contribution in [0.2, 0.25) is 18.1 Å². The second-order valence-corrected chi connectivity index (χ2v) is 19.5. The summed E-state index contributed by atoms with van der Waals surface area (Å²) in [6.45, 7) is 20.1. The van der Waals surface area contributed by atoms with E-state index < -0.39 is 8.32 Å². The van der Waals surface area contributed by atoms with Crippen LogP contribution < -0.4 is 0 Å². The van der Waals surface area contributed by atoms with Crippen molar-refractivity contribution in [3.63, 3.8) is 0 Å². The molecule has 0 saturated heterocycles. The maximum absolute atomic E-state index is 11.3. The lowest BCUT2D eigenvalue weighted by atomic mass is 9.41. The first kappa shape index (κ1) is 29.8. The molecule has 4 fully saturated rings. The topological polar surface area (TPSA) is 26.3 Å². The van der Waals surface area contributed by atoms with Crippen LogP contribution in [-0.2, 0) is 9.22 Å². The van der Waals surface area contributed by atoms with Gasteiger partial charge in [-0.2, -0.15) is 0 Å². The predicted octanol–water partition coefficient (Wildman–Crippen LogP) is 9.92. The number of aldehydes is 1. The second kappa shape index (κ2) is 11.8. The highest BCUT2D eigenvalue weighted by Gasteiger charge is 2.66. The minimum absolute atomic E-state index is 0.415. The number of hydrogen-bond acceptors (Lipinski definition) is 2. The number of hydrogen-bond donors (Lipinski definition) is 0. The van der Waals surface area contributed by atoms with Crippen molar-refractivity contribution in [2.45, 2.75) is 150 Å². The van der Waals surface area contributed by atoms with Crippen molar-refractivity contribution in [1.29, 1.82) is 0 Å². The van der Waals surface area contributed by atoms with Crippen LogP contribution in [0.25, 0.3) is 0 Å². The minimum atomic E-state index is -1.68. The SMILES string of the molecule is CC[C@@H]1CC[C@@]2(C)[C@H](CC(O[Si](CC)(CC)CC)C3[C@@H]2C[C@H](CC)[C@]2(C)[C@@H]([C@H](C)CCC=O)CC[C@@H]32)C1.